The van der Waals surface area contributed by atoms with Crippen LogP contribution in [0.3, 0.4) is 0 Å². The van der Waals surface area contributed by atoms with E-state index < -0.39 is 0 Å². The van der Waals surface area contributed by atoms with Crippen LogP contribution >= 0.6 is 0 Å². The van der Waals surface area contributed by atoms with E-state index in [4.69, 9.17) is 6.42 Å². The Hall–Kier alpha value is -1.05. The van der Waals surface area contributed by atoms with Gasteiger partial charge in [-0.25, -0.2) is 0 Å². The monoisotopic (exact) mass is 223 g/mol. The van der Waals surface area contributed by atoms with E-state index >= 15 is 0 Å². The minimum absolute atomic E-state index is 0.251. The van der Waals surface area contributed by atoms with Crippen LogP contribution in [0.5, 0.6) is 0 Å². The Kier molecular flexibility index (Phi) is 5.91. The van der Waals surface area contributed by atoms with Gasteiger partial charge >= 0.3 is 0 Å². The highest BCUT2D eigenvalue weighted by Crippen LogP contribution is 2.02. The van der Waals surface area contributed by atoms with Gasteiger partial charge in [0.25, 0.3) is 0 Å². The zero-order valence-electron chi connectivity index (χ0n) is 10.0. The van der Waals surface area contributed by atoms with Gasteiger partial charge in [0.2, 0.25) is 5.91 Å². The Bertz CT molecular complexity index is 251. The number of rotatable bonds is 5. The van der Waals surface area contributed by atoms with E-state index in [1.807, 2.05) is 11.8 Å². The number of carbonyl (C=O) groups is 1. The first-order valence-electron chi connectivity index (χ1n) is 5.92. The van der Waals surface area contributed by atoms with Gasteiger partial charge in [-0.15, -0.1) is 6.42 Å². The summed E-state index contributed by atoms with van der Waals surface area (Å²) in [5.41, 5.74) is 0. The average molecular weight is 223 g/mol. The van der Waals surface area contributed by atoms with Crippen LogP contribution in [0.15, 0.2) is 0 Å². The van der Waals surface area contributed by atoms with Gasteiger partial charge in [-0.1, -0.05) is 12.8 Å². The van der Waals surface area contributed by atoms with Crippen molar-refractivity contribution in [2.75, 3.05) is 45.8 Å². The third kappa shape index (κ3) is 4.21. The molecule has 0 aliphatic carbocycles. The van der Waals surface area contributed by atoms with E-state index in [1.54, 1.807) is 0 Å². The summed E-state index contributed by atoms with van der Waals surface area (Å²) in [6, 6.07) is 0. The van der Waals surface area contributed by atoms with Crippen LogP contribution in [0.4, 0.5) is 0 Å². The lowest BCUT2D eigenvalue weighted by molar-refractivity contribution is -0.132. The Morgan fingerprint density at radius 2 is 2.06 bits per heavy atom. The summed E-state index contributed by atoms with van der Waals surface area (Å²) in [7, 11) is 0. The first-order valence-corrected chi connectivity index (χ1v) is 5.92. The molecule has 1 rings (SSSR count). The predicted octanol–water partition coefficient (Wildman–Crippen LogP) is -0.237. The minimum Gasteiger partial charge on any atom is -0.340 e. The number of terminal acetylenes is 1. The molecule has 1 aliphatic rings. The molecule has 0 aromatic carbocycles. The fourth-order valence-electron chi connectivity index (χ4n) is 1.81. The minimum atomic E-state index is 0.251. The Morgan fingerprint density at radius 3 is 2.62 bits per heavy atom. The number of hydrogen-bond acceptors (Lipinski definition) is 3. The van der Waals surface area contributed by atoms with Crippen molar-refractivity contribution < 1.29 is 4.79 Å². The van der Waals surface area contributed by atoms with Gasteiger partial charge in [0, 0.05) is 39.1 Å². The lowest BCUT2D eigenvalue weighted by Crippen LogP contribution is -2.49. The molecule has 4 nitrogen and oxygen atoms in total. The number of nitrogens with one attached hydrogen (secondary N) is 1. The van der Waals surface area contributed by atoms with Crippen molar-refractivity contribution in [3.63, 3.8) is 0 Å². The molecule has 0 atom stereocenters. The molecule has 0 aromatic rings. The van der Waals surface area contributed by atoms with Crippen molar-refractivity contribution in [1.29, 1.82) is 0 Å². The second kappa shape index (κ2) is 7.26. The zero-order valence-corrected chi connectivity index (χ0v) is 10.0. The van der Waals surface area contributed by atoms with Crippen LogP contribution in [0.25, 0.3) is 0 Å². The first-order chi connectivity index (χ1) is 7.77. The van der Waals surface area contributed by atoms with Crippen molar-refractivity contribution in [1.82, 2.24) is 15.1 Å². The summed E-state index contributed by atoms with van der Waals surface area (Å²) in [5.74, 6) is 2.89. The van der Waals surface area contributed by atoms with Crippen molar-refractivity contribution in [3.05, 3.63) is 0 Å². The summed E-state index contributed by atoms with van der Waals surface area (Å²) in [6.07, 6.45) is 5.85. The molecule has 1 N–H and O–H groups in total. The molecule has 0 saturated carbocycles. The summed E-state index contributed by atoms with van der Waals surface area (Å²) in [4.78, 5) is 15.9. The highest BCUT2D eigenvalue weighted by molar-refractivity contribution is 5.76. The van der Waals surface area contributed by atoms with Gasteiger partial charge in [-0.3, -0.25) is 9.69 Å². The lowest BCUT2D eigenvalue weighted by atomic mass is 10.2. The fourth-order valence-corrected chi connectivity index (χ4v) is 1.81. The Balaban J connectivity index is 2.20. The highest BCUT2D eigenvalue weighted by Gasteiger charge is 2.19. The van der Waals surface area contributed by atoms with Crippen molar-refractivity contribution >= 4 is 5.91 Å². The largest absolute Gasteiger partial charge is 0.340 e. The maximum Gasteiger partial charge on any atom is 0.223 e. The van der Waals surface area contributed by atoms with E-state index in [2.05, 4.69) is 16.1 Å². The summed E-state index contributed by atoms with van der Waals surface area (Å²) >= 11 is 0. The molecule has 1 fully saturated rings. The predicted molar refractivity (Wildman–Crippen MR) is 65.0 cm³/mol. The maximum absolute atomic E-state index is 11.8. The molecule has 1 heterocycles. The normalized spacial score (nSPS) is 17.1. The van der Waals surface area contributed by atoms with Crippen molar-refractivity contribution in [2.45, 2.75) is 13.3 Å². The molecule has 1 saturated heterocycles. The number of piperazine rings is 1. The van der Waals surface area contributed by atoms with Crippen LogP contribution in [0.2, 0.25) is 0 Å². The average Bonchev–Trinajstić information content (AvgIpc) is 2.30. The lowest BCUT2D eigenvalue weighted by Gasteiger charge is -2.33. The van der Waals surface area contributed by atoms with Gasteiger partial charge < -0.3 is 10.2 Å². The summed E-state index contributed by atoms with van der Waals surface area (Å²) in [6.45, 7) is 7.86. The number of hydrogen-bond donors (Lipinski definition) is 1. The molecular formula is C12H21N3O. The number of carbonyl (C=O) groups excluding carboxylic acids is 1. The second-order valence-corrected chi connectivity index (χ2v) is 3.96. The van der Waals surface area contributed by atoms with E-state index in [1.165, 1.54) is 0 Å². The zero-order chi connectivity index (χ0) is 11.8. The molecule has 1 aliphatic heterocycles. The Morgan fingerprint density at radius 1 is 1.38 bits per heavy atom. The third-order valence-corrected chi connectivity index (χ3v) is 2.81. The summed E-state index contributed by atoms with van der Waals surface area (Å²) < 4.78 is 0. The van der Waals surface area contributed by atoms with E-state index in [0.717, 1.165) is 39.3 Å². The quantitative estimate of drug-likeness (QED) is 0.516. The van der Waals surface area contributed by atoms with E-state index in [-0.39, 0.29) is 5.91 Å². The molecule has 0 unspecified atom stereocenters. The van der Waals surface area contributed by atoms with E-state index in [0.29, 0.717) is 13.0 Å². The molecule has 0 spiro atoms. The van der Waals surface area contributed by atoms with Crippen LogP contribution in [-0.2, 0) is 4.79 Å². The molecule has 0 radical (unpaired) electrons. The second-order valence-electron chi connectivity index (χ2n) is 3.96. The van der Waals surface area contributed by atoms with Gasteiger partial charge in [-0.2, -0.15) is 0 Å². The summed E-state index contributed by atoms with van der Waals surface area (Å²) in [5, 5.41) is 3.16. The van der Waals surface area contributed by atoms with Gasteiger partial charge in [-0.05, 0) is 6.54 Å². The SMILES string of the molecule is C#CCN1CCN(C(=O)CCNCC)CC1. The van der Waals surface area contributed by atoms with Gasteiger partial charge in [0.05, 0.1) is 6.54 Å². The van der Waals surface area contributed by atoms with E-state index in [9.17, 15) is 4.79 Å². The molecule has 0 bridgehead atoms. The molecule has 4 heteroatoms. The molecule has 0 aromatic heterocycles. The number of nitrogens with zero attached hydrogens (tertiary/aromatic N) is 2. The molecule has 16 heavy (non-hydrogen) atoms. The van der Waals surface area contributed by atoms with Crippen LogP contribution < -0.4 is 5.32 Å². The van der Waals surface area contributed by atoms with Crippen molar-refractivity contribution in [2.24, 2.45) is 0 Å². The topological polar surface area (TPSA) is 35.6 Å². The van der Waals surface area contributed by atoms with Gasteiger partial charge in [0.1, 0.15) is 0 Å². The Labute approximate surface area is 98.0 Å². The molecular weight excluding hydrogens is 202 g/mol. The standard InChI is InChI=1S/C12H21N3O/c1-3-7-14-8-10-15(11-9-14)12(16)5-6-13-4-2/h1,13H,4-11H2,2H3. The van der Waals surface area contributed by atoms with Crippen LogP contribution in [0, 0.1) is 12.3 Å². The smallest absolute Gasteiger partial charge is 0.223 e. The maximum atomic E-state index is 11.8. The van der Waals surface area contributed by atoms with Crippen LogP contribution in [-0.4, -0.2) is 61.5 Å². The van der Waals surface area contributed by atoms with Crippen LogP contribution in [0.1, 0.15) is 13.3 Å². The first kappa shape index (κ1) is 13.0. The third-order valence-electron chi connectivity index (χ3n) is 2.81. The fraction of sp³-hybridized carbons (Fsp3) is 0.750. The molecule has 1 amide bonds. The number of amides is 1. The van der Waals surface area contributed by atoms with Crippen molar-refractivity contribution in [3.8, 4) is 12.3 Å². The van der Waals surface area contributed by atoms with Gasteiger partial charge in [0.15, 0.2) is 0 Å². The highest BCUT2D eigenvalue weighted by atomic mass is 16.2. The molecule has 90 valence electrons.